The van der Waals surface area contributed by atoms with Crippen molar-refractivity contribution in [2.75, 3.05) is 19.6 Å². The maximum Gasteiger partial charge on any atom is 0.326 e. The molecule has 0 saturated carbocycles. The van der Waals surface area contributed by atoms with Gasteiger partial charge in [0.15, 0.2) is 0 Å². The molecule has 4 N–H and O–H groups in total. The number of aryl methyl sites for hydroxylation is 1. The second-order valence-corrected chi connectivity index (χ2v) is 6.91. The molecule has 2 atom stereocenters. The number of unbranched alkanes of at least 4 members (excludes halogenated alkanes) is 1. The van der Waals surface area contributed by atoms with Crippen LogP contribution in [0, 0.1) is 0 Å². The summed E-state index contributed by atoms with van der Waals surface area (Å²) in [6.45, 7) is 1.88. The van der Waals surface area contributed by atoms with Crippen molar-refractivity contribution in [1.82, 2.24) is 10.2 Å². The minimum absolute atomic E-state index is 0.0772. The van der Waals surface area contributed by atoms with E-state index >= 15 is 0 Å². The molecular weight excluding hydrogens is 330 g/mol. The summed E-state index contributed by atoms with van der Waals surface area (Å²) in [7, 11) is 0. The Bertz CT molecular complexity index is 565. The molecule has 1 fully saturated rings. The van der Waals surface area contributed by atoms with Crippen molar-refractivity contribution in [3.05, 3.63) is 35.9 Å². The number of hydrogen-bond acceptors (Lipinski definition) is 4. The molecule has 0 radical (unpaired) electrons. The van der Waals surface area contributed by atoms with E-state index < -0.39 is 12.0 Å². The number of carboxylic acid groups (broad SMARTS) is 1. The number of amides is 1. The van der Waals surface area contributed by atoms with E-state index in [1.54, 1.807) is 4.90 Å². The van der Waals surface area contributed by atoms with Crippen LogP contribution in [-0.2, 0) is 16.0 Å². The lowest BCUT2D eigenvalue weighted by atomic mass is 10.1. The third kappa shape index (κ3) is 6.11. The Balaban J connectivity index is 1.87. The average molecular weight is 361 g/mol. The number of nitrogens with two attached hydrogens (primary N) is 1. The molecule has 144 valence electrons. The summed E-state index contributed by atoms with van der Waals surface area (Å²) < 4.78 is 0. The van der Waals surface area contributed by atoms with Crippen LogP contribution in [0.1, 0.15) is 44.1 Å². The van der Waals surface area contributed by atoms with Crippen LogP contribution in [0.5, 0.6) is 0 Å². The third-order valence-electron chi connectivity index (χ3n) is 4.94. The van der Waals surface area contributed by atoms with Gasteiger partial charge in [-0.25, -0.2) is 4.79 Å². The molecule has 6 heteroatoms. The molecule has 0 aromatic heterocycles. The van der Waals surface area contributed by atoms with Gasteiger partial charge in [0.2, 0.25) is 5.91 Å². The number of aliphatic carboxylic acids is 1. The zero-order valence-electron chi connectivity index (χ0n) is 15.4. The van der Waals surface area contributed by atoms with E-state index in [9.17, 15) is 14.7 Å². The minimum Gasteiger partial charge on any atom is -0.480 e. The van der Waals surface area contributed by atoms with Gasteiger partial charge in [0.05, 0.1) is 6.04 Å². The van der Waals surface area contributed by atoms with Gasteiger partial charge in [-0.1, -0.05) is 36.8 Å². The Kier molecular flexibility index (Phi) is 8.58. The van der Waals surface area contributed by atoms with Crippen molar-refractivity contribution < 1.29 is 14.7 Å². The number of nitrogens with one attached hydrogen (secondary N) is 1. The van der Waals surface area contributed by atoms with Crippen LogP contribution >= 0.6 is 0 Å². The van der Waals surface area contributed by atoms with Crippen LogP contribution in [0.15, 0.2) is 30.3 Å². The van der Waals surface area contributed by atoms with E-state index in [4.69, 9.17) is 5.73 Å². The van der Waals surface area contributed by atoms with Crippen molar-refractivity contribution in [2.45, 2.75) is 57.0 Å². The number of likely N-dealkylation sites (tertiary alicyclic amines) is 1. The zero-order chi connectivity index (χ0) is 18.8. The Morgan fingerprint density at radius 3 is 2.69 bits per heavy atom. The number of benzene rings is 1. The largest absolute Gasteiger partial charge is 0.480 e. The molecule has 26 heavy (non-hydrogen) atoms. The molecule has 1 aromatic rings. The standard InChI is InChI=1S/C20H31N3O3/c21-13-5-4-11-17(19(24)23-15-7-12-18(23)20(25)26)22-14-6-10-16-8-2-1-3-9-16/h1-3,8-9,17-18,22H,4-7,10-15,21H2,(H,25,26)/t17?,18-/m0/s1. The molecule has 1 heterocycles. The molecule has 1 aliphatic rings. The molecule has 1 unspecified atom stereocenters. The molecule has 1 aliphatic heterocycles. The first-order valence-corrected chi connectivity index (χ1v) is 9.64. The lowest BCUT2D eigenvalue weighted by Crippen LogP contribution is -2.50. The Labute approximate surface area is 155 Å². The van der Waals surface area contributed by atoms with Gasteiger partial charge in [-0.3, -0.25) is 4.79 Å². The highest BCUT2D eigenvalue weighted by Crippen LogP contribution is 2.19. The summed E-state index contributed by atoms with van der Waals surface area (Å²) in [4.78, 5) is 25.8. The van der Waals surface area contributed by atoms with E-state index in [1.165, 1.54) is 5.56 Å². The molecule has 0 spiro atoms. The Morgan fingerprint density at radius 2 is 2.00 bits per heavy atom. The Morgan fingerprint density at radius 1 is 1.23 bits per heavy atom. The summed E-state index contributed by atoms with van der Waals surface area (Å²) in [5.74, 6) is -0.979. The van der Waals surface area contributed by atoms with Gasteiger partial charge >= 0.3 is 5.97 Å². The second kappa shape index (κ2) is 10.9. The molecular formula is C20H31N3O3. The lowest BCUT2D eigenvalue weighted by molar-refractivity contribution is -0.149. The number of nitrogens with zero attached hydrogens (tertiary/aromatic N) is 1. The predicted octanol–water partition coefficient (Wildman–Crippen LogP) is 1.78. The fraction of sp³-hybridized carbons (Fsp3) is 0.600. The van der Waals surface area contributed by atoms with Crippen molar-refractivity contribution in [2.24, 2.45) is 5.73 Å². The van der Waals surface area contributed by atoms with Crippen LogP contribution in [0.2, 0.25) is 0 Å². The number of carbonyl (C=O) groups is 2. The number of carbonyl (C=O) groups excluding carboxylic acids is 1. The number of hydrogen-bond donors (Lipinski definition) is 3. The van der Waals surface area contributed by atoms with Crippen LogP contribution in [0.4, 0.5) is 0 Å². The average Bonchev–Trinajstić information content (AvgIpc) is 3.14. The van der Waals surface area contributed by atoms with E-state index in [2.05, 4.69) is 17.4 Å². The first-order valence-electron chi connectivity index (χ1n) is 9.64. The summed E-state index contributed by atoms with van der Waals surface area (Å²) in [6.07, 6.45) is 5.63. The quantitative estimate of drug-likeness (QED) is 0.522. The molecule has 6 nitrogen and oxygen atoms in total. The van der Waals surface area contributed by atoms with Crippen LogP contribution in [0.3, 0.4) is 0 Å². The van der Waals surface area contributed by atoms with Crippen molar-refractivity contribution >= 4 is 11.9 Å². The smallest absolute Gasteiger partial charge is 0.326 e. The van der Waals surface area contributed by atoms with Crippen LogP contribution in [0.25, 0.3) is 0 Å². The highest BCUT2D eigenvalue weighted by atomic mass is 16.4. The van der Waals surface area contributed by atoms with Crippen molar-refractivity contribution in [3.8, 4) is 0 Å². The maximum atomic E-state index is 12.9. The summed E-state index contributed by atoms with van der Waals surface area (Å²) in [6, 6.07) is 9.27. The van der Waals surface area contributed by atoms with Crippen molar-refractivity contribution in [1.29, 1.82) is 0 Å². The Hall–Kier alpha value is -1.92. The fourth-order valence-electron chi connectivity index (χ4n) is 3.51. The van der Waals surface area contributed by atoms with E-state index in [1.807, 2.05) is 18.2 Å². The van der Waals surface area contributed by atoms with E-state index in [-0.39, 0.29) is 11.9 Å². The maximum absolute atomic E-state index is 12.9. The minimum atomic E-state index is -0.902. The highest BCUT2D eigenvalue weighted by molar-refractivity contribution is 5.87. The molecule has 1 amide bonds. The van der Waals surface area contributed by atoms with Gasteiger partial charge in [-0.15, -0.1) is 0 Å². The normalized spacial score (nSPS) is 18.0. The van der Waals surface area contributed by atoms with Gasteiger partial charge in [0.1, 0.15) is 6.04 Å². The summed E-state index contributed by atoms with van der Waals surface area (Å²) in [5.41, 5.74) is 6.85. The first-order chi connectivity index (χ1) is 12.6. The highest BCUT2D eigenvalue weighted by Gasteiger charge is 2.36. The molecule has 1 aromatic carbocycles. The zero-order valence-corrected chi connectivity index (χ0v) is 15.4. The predicted molar refractivity (Wildman–Crippen MR) is 102 cm³/mol. The van der Waals surface area contributed by atoms with Crippen LogP contribution in [-0.4, -0.2) is 53.6 Å². The first kappa shape index (κ1) is 20.4. The van der Waals surface area contributed by atoms with E-state index in [0.29, 0.717) is 25.9 Å². The van der Waals surface area contributed by atoms with Gasteiger partial charge in [-0.05, 0) is 57.2 Å². The summed E-state index contributed by atoms with van der Waals surface area (Å²) in [5, 5.41) is 12.7. The molecule has 0 bridgehead atoms. The van der Waals surface area contributed by atoms with Gasteiger partial charge in [0, 0.05) is 6.54 Å². The fourth-order valence-corrected chi connectivity index (χ4v) is 3.51. The molecule has 0 aliphatic carbocycles. The third-order valence-corrected chi connectivity index (χ3v) is 4.94. The monoisotopic (exact) mass is 361 g/mol. The SMILES string of the molecule is NCCCCC(NCCCc1ccccc1)C(=O)N1CCC[C@H]1C(=O)O. The molecule has 2 rings (SSSR count). The number of carboxylic acids is 1. The van der Waals surface area contributed by atoms with Gasteiger partial charge in [0.25, 0.3) is 0 Å². The molecule has 1 saturated heterocycles. The van der Waals surface area contributed by atoms with Gasteiger partial charge in [-0.2, -0.15) is 0 Å². The van der Waals surface area contributed by atoms with Gasteiger partial charge < -0.3 is 21.1 Å². The summed E-state index contributed by atoms with van der Waals surface area (Å²) >= 11 is 0. The van der Waals surface area contributed by atoms with Crippen molar-refractivity contribution in [3.63, 3.8) is 0 Å². The topological polar surface area (TPSA) is 95.7 Å². The van der Waals surface area contributed by atoms with Crippen LogP contribution < -0.4 is 11.1 Å². The lowest BCUT2D eigenvalue weighted by Gasteiger charge is -2.27. The number of rotatable bonds is 11. The second-order valence-electron chi connectivity index (χ2n) is 6.91. The van der Waals surface area contributed by atoms with E-state index in [0.717, 1.165) is 38.6 Å².